The molecule has 1 rings (SSSR count). The molecule has 0 aliphatic carbocycles. The van der Waals surface area contributed by atoms with Gasteiger partial charge in [0.15, 0.2) is 6.19 Å². The van der Waals surface area contributed by atoms with E-state index in [9.17, 15) is 0 Å². The predicted octanol–water partition coefficient (Wildman–Crippen LogP) is 1.62. The van der Waals surface area contributed by atoms with E-state index in [-0.39, 0.29) is 6.54 Å². The van der Waals surface area contributed by atoms with E-state index in [1.165, 1.54) is 4.90 Å². The summed E-state index contributed by atoms with van der Waals surface area (Å²) in [5.74, 6) is 3.17. The van der Waals surface area contributed by atoms with Gasteiger partial charge in [0, 0.05) is 0 Å². The standard InChI is InChI=1S/C11H10N2O/c1-3-8-13(9-12)10-4-6-11(14-2)7-5-10/h1,4-7H,8H2,2H3. The number of nitrogens with zero attached hydrogens (tertiary/aromatic N) is 2. The van der Waals surface area contributed by atoms with Crippen LogP contribution in [0.15, 0.2) is 24.3 Å². The van der Waals surface area contributed by atoms with Gasteiger partial charge in [-0.05, 0) is 24.3 Å². The molecule has 0 spiro atoms. The van der Waals surface area contributed by atoms with Crippen molar-refractivity contribution in [3.05, 3.63) is 24.3 Å². The number of nitriles is 1. The molecule has 3 nitrogen and oxygen atoms in total. The van der Waals surface area contributed by atoms with Crippen LogP contribution in [0.5, 0.6) is 5.75 Å². The normalized spacial score (nSPS) is 8.50. The molecule has 0 fully saturated rings. The predicted molar refractivity (Wildman–Crippen MR) is 54.8 cm³/mol. The molecule has 0 saturated carbocycles. The van der Waals surface area contributed by atoms with E-state index in [1.54, 1.807) is 31.4 Å². The molecule has 0 radical (unpaired) electrons. The lowest BCUT2D eigenvalue weighted by Crippen LogP contribution is -2.15. The first kappa shape index (κ1) is 9.95. The highest BCUT2D eigenvalue weighted by molar-refractivity contribution is 5.53. The third-order valence-corrected chi connectivity index (χ3v) is 1.75. The van der Waals surface area contributed by atoms with Crippen LogP contribution in [-0.4, -0.2) is 13.7 Å². The van der Waals surface area contributed by atoms with Crippen molar-refractivity contribution in [2.45, 2.75) is 0 Å². The molecule has 0 bridgehead atoms. The zero-order chi connectivity index (χ0) is 10.4. The number of hydrogen-bond donors (Lipinski definition) is 0. The van der Waals surface area contributed by atoms with E-state index in [0.29, 0.717) is 0 Å². The molecule has 14 heavy (non-hydrogen) atoms. The Balaban J connectivity index is 2.86. The van der Waals surface area contributed by atoms with Gasteiger partial charge in [0.1, 0.15) is 5.75 Å². The van der Waals surface area contributed by atoms with Crippen LogP contribution in [0.25, 0.3) is 0 Å². The van der Waals surface area contributed by atoms with Gasteiger partial charge in [-0.1, -0.05) is 5.92 Å². The van der Waals surface area contributed by atoms with Crippen LogP contribution in [0.3, 0.4) is 0 Å². The summed E-state index contributed by atoms with van der Waals surface area (Å²) in [5.41, 5.74) is 0.770. The third kappa shape index (κ3) is 2.18. The Hall–Kier alpha value is -2.13. The maximum Gasteiger partial charge on any atom is 0.185 e. The summed E-state index contributed by atoms with van der Waals surface area (Å²) < 4.78 is 5.00. The average Bonchev–Trinajstić information content (AvgIpc) is 2.26. The van der Waals surface area contributed by atoms with E-state index in [1.807, 2.05) is 6.19 Å². The average molecular weight is 186 g/mol. The molecular weight excluding hydrogens is 176 g/mol. The van der Waals surface area contributed by atoms with Gasteiger partial charge >= 0.3 is 0 Å². The summed E-state index contributed by atoms with van der Waals surface area (Å²) in [6, 6.07) is 7.16. The quantitative estimate of drug-likeness (QED) is 0.409. The molecule has 0 aliphatic rings. The van der Waals surface area contributed by atoms with Crippen molar-refractivity contribution in [2.24, 2.45) is 0 Å². The maximum atomic E-state index is 8.79. The monoisotopic (exact) mass is 186 g/mol. The smallest absolute Gasteiger partial charge is 0.185 e. The van der Waals surface area contributed by atoms with Crippen molar-refractivity contribution in [1.29, 1.82) is 5.26 Å². The second kappa shape index (κ2) is 4.79. The van der Waals surface area contributed by atoms with Gasteiger partial charge in [0.25, 0.3) is 0 Å². The molecule has 1 aromatic rings. The molecule has 0 atom stereocenters. The Bertz CT molecular complexity index is 370. The van der Waals surface area contributed by atoms with Crippen LogP contribution >= 0.6 is 0 Å². The maximum absolute atomic E-state index is 8.79. The molecule has 0 heterocycles. The molecule has 0 amide bonds. The SMILES string of the molecule is C#CCN(C#N)c1ccc(OC)cc1. The van der Waals surface area contributed by atoms with Crippen molar-refractivity contribution in [2.75, 3.05) is 18.6 Å². The number of terminal acetylenes is 1. The van der Waals surface area contributed by atoms with Gasteiger partial charge < -0.3 is 4.74 Å². The molecule has 0 saturated heterocycles. The molecule has 1 aromatic carbocycles. The highest BCUT2D eigenvalue weighted by Gasteiger charge is 2.02. The topological polar surface area (TPSA) is 36.3 Å². The number of rotatable bonds is 3. The fraction of sp³-hybridized carbons (Fsp3) is 0.182. The number of benzene rings is 1. The lowest BCUT2D eigenvalue weighted by atomic mass is 10.3. The Morgan fingerprint density at radius 3 is 2.50 bits per heavy atom. The van der Waals surface area contributed by atoms with E-state index < -0.39 is 0 Å². The van der Waals surface area contributed by atoms with Crippen LogP contribution in [-0.2, 0) is 0 Å². The second-order valence-electron chi connectivity index (χ2n) is 2.59. The van der Waals surface area contributed by atoms with E-state index in [4.69, 9.17) is 16.4 Å². The number of ether oxygens (including phenoxy) is 1. The van der Waals surface area contributed by atoms with Gasteiger partial charge in [-0.25, -0.2) is 0 Å². The van der Waals surface area contributed by atoms with E-state index in [2.05, 4.69) is 5.92 Å². The molecule has 70 valence electrons. The number of hydrogen-bond acceptors (Lipinski definition) is 3. The molecule has 3 heteroatoms. The minimum Gasteiger partial charge on any atom is -0.497 e. The van der Waals surface area contributed by atoms with Gasteiger partial charge in [0.05, 0.1) is 19.3 Å². The van der Waals surface area contributed by atoms with Crippen LogP contribution in [0, 0.1) is 23.8 Å². The Morgan fingerprint density at radius 1 is 1.43 bits per heavy atom. The summed E-state index contributed by atoms with van der Waals surface area (Å²) in [4.78, 5) is 1.43. The van der Waals surface area contributed by atoms with Gasteiger partial charge in [-0.2, -0.15) is 5.26 Å². The summed E-state index contributed by atoms with van der Waals surface area (Å²) in [5, 5.41) is 8.79. The van der Waals surface area contributed by atoms with E-state index >= 15 is 0 Å². The Kier molecular flexibility index (Phi) is 3.41. The summed E-state index contributed by atoms with van der Waals surface area (Å²) in [7, 11) is 1.60. The lowest BCUT2D eigenvalue weighted by Gasteiger charge is -2.12. The lowest BCUT2D eigenvalue weighted by molar-refractivity contribution is 0.415. The fourth-order valence-corrected chi connectivity index (χ4v) is 1.04. The van der Waals surface area contributed by atoms with Crippen LogP contribution in [0.1, 0.15) is 0 Å². The molecular formula is C11H10N2O. The van der Waals surface area contributed by atoms with E-state index in [0.717, 1.165) is 11.4 Å². The molecule has 0 aromatic heterocycles. The summed E-state index contributed by atoms with van der Waals surface area (Å²) in [6.45, 7) is 0.281. The summed E-state index contributed by atoms with van der Waals surface area (Å²) >= 11 is 0. The fourth-order valence-electron chi connectivity index (χ4n) is 1.04. The minimum absolute atomic E-state index is 0.281. The van der Waals surface area contributed by atoms with Crippen molar-refractivity contribution in [3.8, 4) is 24.3 Å². The third-order valence-electron chi connectivity index (χ3n) is 1.75. The van der Waals surface area contributed by atoms with Crippen molar-refractivity contribution in [1.82, 2.24) is 0 Å². The summed E-state index contributed by atoms with van der Waals surface area (Å²) in [6.07, 6.45) is 7.14. The zero-order valence-electron chi connectivity index (χ0n) is 7.90. The first-order chi connectivity index (χ1) is 6.81. The second-order valence-corrected chi connectivity index (χ2v) is 2.59. The van der Waals surface area contributed by atoms with Gasteiger partial charge in [-0.3, -0.25) is 4.90 Å². The molecule has 0 aliphatic heterocycles. The number of anilines is 1. The Morgan fingerprint density at radius 2 is 2.07 bits per heavy atom. The number of methoxy groups -OCH3 is 1. The van der Waals surface area contributed by atoms with Gasteiger partial charge in [-0.15, -0.1) is 6.42 Å². The largest absolute Gasteiger partial charge is 0.497 e. The van der Waals surface area contributed by atoms with Crippen LogP contribution in [0.4, 0.5) is 5.69 Å². The highest BCUT2D eigenvalue weighted by atomic mass is 16.5. The first-order valence-corrected chi connectivity index (χ1v) is 4.06. The van der Waals surface area contributed by atoms with Crippen molar-refractivity contribution < 1.29 is 4.74 Å². The van der Waals surface area contributed by atoms with Gasteiger partial charge in [0.2, 0.25) is 0 Å². The zero-order valence-corrected chi connectivity index (χ0v) is 7.90. The molecule has 0 unspecified atom stereocenters. The van der Waals surface area contributed by atoms with Crippen LogP contribution < -0.4 is 9.64 Å². The Labute approximate surface area is 83.5 Å². The van der Waals surface area contributed by atoms with Crippen molar-refractivity contribution >= 4 is 5.69 Å². The highest BCUT2D eigenvalue weighted by Crippen LogP contribution is 2.18. The van der Waals surface area contributed by atoms with Crippen molar-refractivity contribution in [3.63, 3.8) is 0 Å². The first-order valence-electron chi connectivity index (χ1n) is 4.06. The molecule has 0 N–H and O–H groups in total. The van der Waals surface area contributed by atoms with Crippen LogP contribution in [0.2, 0.25) is 0 Å². The minimum atomic E-state index is 0.281.